The molecule has 0 fully saturated rings. The Labute approximate surface area is 144 Å². The van der Waals surface area contributed by atoms with Gasteiger partial charge in [0.15, 0.2) is 0 Å². The van der Waals surface area contributed by atoms with E-state index in [1.807, 2.05) is 0 Å². The summed E-state index contributed by atoms with van der Waals surface area (Å²) < 4.78 is 23.6. The molecule has 0 aromatic heterocycles. The summed E-state index contributed by atoms with van der Waals surface area (Å²) in [5.74, 6) is -5.46. The molecule has 0 saturated heterocycles. The summed E-state index contributed by atoms with van der Waals surface area (Å²) in [5, 5.41) is 9.60. The lowest BCUT2D eigenvalue weighted by Gasteiger charge is -2.39. The minimum absolute atomic E-state index is 0.0793. The summed E-state index contributed by atoms with van der Waals surface area (Å²) in [7, 11) is -10.1. The minimum Gasteiger partial charge on any atom is -0.480 e. The quantitative estimate of drug-likeness (QED) is 0.311. The molecule has 5 N–H and O–H groups in total. The van der Waals surface area contributed by atoms with E-state index in [-0.39, 0.29) is 5.56 Å². The average Bonchev–Trinajstić information content (AvgIpc) is 2.46. The Hall–Kier alpha value is -1.57. The van der Waals surface area contributed by atoms with Crippen molar-refractivity contribution in [3.8, 4) is 0 Å². The number of benzene rings is 1. The van der Waals surface area contributed by atoms with E-state index in [1.54, 1.807) is 6.07 Å². The fourth-order valence-corrected chi connectivity index (χ4v) is 4.31. The number of hydrogen-bond donors (Lipinski definition) is 5. The molecule has 1 aromatic rings. The summed E-state index contributed by atoms with van der Waals surface area (Å²) in [5.41, 5.74) is 0.0793. The molecule has 2 unspecified atom stereocenters. The van der Waals surface area contributed by atoms with Crippen LogP contribution in [0, 0.1) is 0 Å². The number of carboxylic acid groups (broad SMARTS) is 1. The molecule has 0 saturated carbocycles. The number of nitrogens with zero attached hydrogens (tertiary/aromatic N) is 1. The Balaban J connectivity index is 3.70. The van der Waals surface area contributed by atoms with Crippen molar-refractivity contribution >= 4 is 21.2 Å². The molecule has 1 aromatic carbocycles. The number of carboxylic acids is 1. The Kier molecular flexibility index (Phi) is 7.05. The molecule has 0 radical (unpaired) electrons. The van der Waals surface area contributed by atoms with Gasteiger partial charge in [0.2, 0.25) is 0 Å². The third-order valence-corrected chi connectivity index (χ3v) is 5.70. The Morgan fingerprint density at radius 3 is 1.64 bits per heavy atom. The zero-order chi connectivity index (χ0) is 19.4. The first kappa shape index (κ1) is 21.5. The molecule has 11 heteroatoms. The second-order valence-electron chi connectivity index (χ2n) is 5.08. The van der Waals surface area contributed by atoms with Crippen molar-refractivity contribution in [2.75, 3.05) is 0 Å². The number of carbonyl (C=O) groups is 1. The molecule has 0 amide bonds. The standard InChI is InChI=1S/C14H19NO8P2/c1-3-11(24(18,19)20)15(12(4-2)25(21,22)23)13(14(16)17)10-8-6-5-7-9-10/h3-9,11-13H,1-2H2,(H,16,17)(H2,18,19,20)(H2,21,22,23)/t11?,12?,13-/m0/s1. The summed E-state index contributed by atoms with van der Waals surface area (Å²) in [6.07, 6.45) is 1.51. The van der Waals surface area contributed by atoms with Gasteiger partial charge < -0.3 is 24.7 Å². The van der Waals surface area contributed by atoms with Crippen LogP contribution < -0.4 is 0 Å². The van der Waals surface area contributed by atoms with E-state index in [0.29, 0.717) is 4.90 Å². The highest BCUT2D eigenvalue weighted by molar-refractivity contribution is 7.53. The molecule has 25 heavy (non-hydrogen) atoms. The van der Waals surface area contributed by atoms with Crippen molar-refractivity contribution in [1.82, 2.24) is 4.90 Å². The molecule has 0 spiro atoms. The van der Waals surface area contributed by atoms with E-state index in [4.69, 9.17) is 0 Å². The van der Waals surface area contributed by atoms with Gasteiger partial charge in [0, 0.05) is 0 Å². The zero-order valence-corrected chi connectivity index (χ0v) is 14.8. The average molecular weight is 391 g/mol. The number of rotatable bonds is 9. The molecule has 0 aliphatic heterocycles. The predicted octanol–water partition coefficient (Wildman–Crippen LogP) is 1.49. The Morgan fingerprint density at radius 1 is 0.960 bits per heavy atom. The fourth-order valence-electron chi connectivity index (χ4n) is 2.40. The summed E-state index contributed by atoms with van der Waals surface area (Å²) >= 11 is 0. The van der Waals surface area contributed by atoms with E-state index in [0.717, 1.165) is 12.2 Å². The van der Waals surface area contributed by atoms with Gasteiger partial charge in [0.05, 0.1) is 0 Å². The van der Waals surface area contributed by atoms with Gasteiger partial charge in [-0.3, -0.25) is 18.8 Å². The smallest absolute Gasteiger partial charge is 0.346 e. The van der Waals surface area contributed by atoms with Crippen molar-refractivity contribution in [3.05, 3.63) is 61.2 Å². The highest BCUT2D eigenvalue weighted by Crippen LogP contribution is 2.53. The molecule has 1 rings (SSSR count). The third-order valence-electron chi connectivity index (χ3n) is 3.37. The summed E-state index contributed by atoms with van der Waals surface area (Å²) in [6.45, 7) is 6.54. The van der Waals surface area contributed by atoms with E-state index in [9.17, 15) is 38.6 Å². The first-order valence-corrected chi connectivity index (χ1v) is 10.2. The molecule has 0 bridgehead atoms. The van der Waals surface area contributed by atoms with Crippen LogP contribution in [0.15, 0.2) is 55.6 Å². The van der Waals surface area contributed by atoms with Gasteiger partial charge in [-0.2, -0.15) is 0 Å². The van der Waals surface area contributed by atoms with Gasteiger partial charge in [0.25, 0.3) is 0 Å². The maximum absolute atomic E-state index is 11.8. The van der Waals surface area contributed by atoms with Crippen molar-refractivity contribution in [3.63, 3.8) is 0 Å². The van der Waals surface area contributed by atoms with Crippen LogP contribution in [0.1, 0.15) is 11.6 Å². The van der Waals surface area contributed by atoms with Crippen molar-refractivity contribution in [2.45, 2.75) is 17.6 Å². The first-order chi connectivity index (χ1) is 11.4. The maximum Gasteiger partial charge on any atom is 0.346 e. The second-order valence-corrected chi connectivity index (χ2v) is 8.49. The lowest BCUT2D eigenvalue weighted by Crippen LogP contribution is -2.46. The number of hydrogen-bond acceptors (Lipinski definition) is 4. The number of aliphatic carboxylic acids is 1. The largest absolute Gasteiger partial charge is 0.480 e. The normalized spacial score (nSPS) is 16.0. The lowest BCUT2D eigenvalue weighted by atomic mass is 10.1. The van der Waals surface area contributed by atoms with E-state index >= 15 is 0 Å². The topological polar surface area (TPSA) is 156 Å². The van der Waals surface area contributed by atoms with Crippen LogP contribution in [0.4, 0.5) is 0 Å². The zero-order valence-electron chi connectivity index (χ0n) is 13.0. The molecule has 138 valence electrons. The second kappa shape index (κ2) is 8.21. The van der Waals surface area contributed by atoms with Crippen LogP contribution >= 0.6 is 15.2 Å². The highest BCUT2D eigenvalue weighted by Gasteiger charge is 2.47. The van der Waals surface area contributed by atoms with E-state index in [1.165, 1.54) is 24.3 Å². The summed E-state index contributed by atoms with van der Waals surface area (Å²) in [6, 6.07) is 5.55. The van der Waals surface area contributed by atoms with Gasteiger partial charge >= 0.3 is 21.2 Å². The van der Waals surface area contributed by atoms with Crippen LogP contribution in [0.3, 0.4) is 0 Å². The van der Waals surface area contributed by atoms with Crippen LogP contribution in [0.25, 0.3) is 0 Å². The molecular weight excluding hydrogens is 372 g/mol. The van der Waals surface area contributed by atoms with Crippen LogP contribution in [-0.4, -0.2) is 47.1 Å². The van der Waals surface area contributed by atoms with Gasteiger partial charge in [-0.1, -0.05) is 42.5 Å². The van der Waals surface area contributed by atoms with E-state index in [2.05, 4.69) is 13.2 Å². The highest BCUT2D eigenvalue weighted by atomic mass is 31.2. The molecule has 9 nitrogen and oxygen atoms in total. The van der Waals surface area contributed by atoms with Crippen molar-refractivity contribution in [1.29, 1.82) is 0 Å². The molecule has 0 heterocycles. The fraction of sp³-hybridized carbons (Fsp3) is 0.214. The molecule has 0 aliphatic carbocycles. The Morgan fingerprint density at radius 2 is 1.36 bits per heavy atom. The molecule has 0 aliphatic rings. The predicted molar refractivity (Wildman–Crippen MR) is 90.7 cm³/mol. The van der Waals surface area contributed by atoms with Gasteiger partial charge in [-0.25, -0.2) is 0 Å². The van der Waals surface area contributed by atoms with E-state index < -0.39 is 38.8 Å². The summed E-state index contributed by atoms with van der Waals surface area (Å²) in [4.78, 5) is 50.6. The van der Waals surface area contributed by atoms with Gasteiger partial charge in [0.1, 0.15) is 17.6 Å². The minimum atomic E-state index is -5.03. The van der Waals surface area contributed by atoms with Crippen LogP contribution in [0.2, 0.25) is 0 Å². The van der Waals surface area contributed by atoms with Gasteiger partial charge in [-0.05, 0) is 5.56 Å². The SMILES string of the molecule is C=CC(N(C(C=C)P(=O)(O)O)[C@H](C(=O)O)c1ccccc1)P(=O)(O)O. The third kappa shape index (κ3) is 5.20. The van der Waals surface area contributed by atoms with Crippen LogP contribution in [-0.2, 0) is 13.9 Å². The maximum atomic E-state index is 11.8. The van der Waals surface area contributed by atoms with Crippen molar-refractivity contribution in [2.24, 2.45) is 0 Å². The van der Waals surface area contributed by atoms with Crippen molar-refractivity contribution < 1.29 is 38.6 Å². The van der Waals surface area contributed by atoms with Gasteiger partial charge in [-0.15, -0.1) is 13.2 Å². The van der Waals surface area contributed by atoms with Crippen LogP contribution in [0.5, 0.6) is 0 Å². The Bertz CT molecular complexity index is 692. The monoisotopic (exact) mass is 391 g/mol. The first-order valence-electron chi connectivity index (χ1n) is 6.86. The lowest BCUT2D eigenvalue weighted by molar-refractivity contribution is -0.144. The molecule has 3 atom stereocenters. The molecular formula is C14H19NO8P2.